The van der Waals surface area contributed by atoms with Crippen LogP contribution in [-0.2, 0) is 6.42 Å². The van der Waals surface area contributed by atoms with Crippen molar-refractivity contribution < 1.29 is 0 Å². The summed E-state index contributed by atoms with van der Waals surface area (Å²) in [5.74, 6) is 0.303. The molecule has 0 aromatic heterocycles. The minimum atomic E-state index is -0.136. The summed E-state index contributed by atoms with van der Waals surface area (Å²) < 4.78 is 0. The Morgan fingerprint density at radius 1 is 1.05 bits per heavy atom. The van der Waals surface area contributed by atoms with Crippen molar-refractivity contribution in [2.24, 2.45) is 0 Å². The molecule has 2 unspecified atom stereocenters. The first kappa shape index (κ1) is 14.3. The molecule has 2 aromatic rings. The van der Waals surface area contributed by atoms with Gasteiger partial charge in [-0.3, -0.25) is 0 Å². The zero-order chi connectivity index (χ0) is 14.1. The van der Waals surface area contributed by atoms with Crippen LogP contribution in [0, 0.1) is 0 Å². The average Bonchev–Trinajstić information content (AvgIpc) is 2.48. The Bertz CT molecular complexity index is 621. The molecular weight excluding hydrogens is 311 g/mol. The molecule has 3 rings (SSSR count). The highest BCUT2D eigenvalue weighted by Gasteiger charge is 2.28. The standard InChI is InChI=1S/C17H15Cl3/c18-12-8-9-16(19)15(10-12)17(20)14-7-3-5-11-4-1-2-6-13(11)14/h1-2,4,6,8-10,14,17H,3,5,7H2. The van der Waals surface area contributed by atoms with Crippen molar-refractivity contribution in [3.05, 3.63) is 69.2 Å². The number of benzene rings is 2. The van der Waals surface area contributed by atoms with Crippen LogP contribution in [0.2, 0.25) is 10.0 Å². The molecule has 0 N–H and O–H groups in total. The molecule has 0 nitrogen and oxygen atoms in total. The maximum atomic E-state index is 6.75. The van der Waals surface area contributed by atoms with Gasteiger partial charge >= 0.3 is 0 Å². The number of rotatable bonds is 2. The Hall–Kier alpha value is -0.690. The molecule has 0 fully saturated rings. The fraction of sp³-hybridized carbons (Fsp3) is 0.294. The minimum absolute atomic E-state index is 0.136. The summed E-state index contributed by atoms with van der Waals surface area (Å²) in [6, 6.07) is 14.1. The zero-order valence-electron chi connectivity index (χ0n) is 11.0. The summed E-state index contributed by atoms with van der Waals surface area (Å²) in [5.41, 5.74) is 3.70. The van der Waals surface area contributed by atoms with Crippen molar-refractivity contribution in [1.82, 2.24) is 0 Å². The molecule has 0 bridgehead atoms. The Morgan fingerprint density at radius 3 is 2.70 bits per heavy atom. The van der Waals surface area contributed by atoms with Gasteiger partial charge in [0.15, 0.2) is 0 Å². The first-order valence-electron chi connectivity index (χ1n) is 6.83. The third kappa shape index (κ3) is 2.70. The molecule has 0 amide bonds. The third-order valence-electron chi connectivity index (χ3n) is 4.02. The molecule has 3 heteroatoms. The van der Waals surface area contributed by atoms with E-state index in [2.05, 4.69) is 24.3 Å². The monoisotopic (exact) mass is 324 g/mol. The van der Waals surface area contributed by atoms with E-state index in [4.69, 9.17) is 34.8 Å². The van der Waals surface area contributed by atoms with Crippen LogP contribution in [0.1, 0.15) is 40.8 Å². The van der Waals surface area contributed by atoms with Crippen molar-refractivity contribution in [1.29, 1.82) is 0 Å². The van der Waals surface area contributed by atoms with Gasteiger partial charge < -0.3 is 0 Å². The fourth-order valence-electron chi connectivity index (χ4n) is 3.04. The Labute approximate surface area is 134 Å². The van der Waals surface area contributed by atoms with Crippen LogP contribution in [0.15, 0.2) is 42.5 Å². The molecule has 1 aliphatic rings. The van der Waals surface area contributed by atoms with Gasteiger partial charge in [-0.1, -0.05) is 47.5 Å². The highest BCUT2D eigenvalue weighted by atomic mass is 35.5. The largest absolute Gasteiger partial charge is 0.117 e. The van der Waals surface area contributed by atoms with Gasteiger partial charge in [-0.15, -0.1) is 11.6 Å². The lowest BCUT2D eigenvalue weighted by atomic mass is 9.79. The van der Waals surface area contributed by atoms with Gasteiger partial charge in [0.25, 0.3) is 0 Å². The van der Waals surface area contributed by atoms with Gasteiger partial charge in [0.2, 0.25) is 0 Å². The molecular formula is C17H15Cl3. The van der Waals surface area contributed by atoms with Crippen LogP contribution in [0.3, 0.4) is 0 Å². The van der Waals surface area contributed by atoms with Crippen LogP contribution < -0.4 is 0 Å². The first-order chi connectivity index (χ1) is 9.66. The van der Waals surface area contributed by atoms with Gasteiger partial charge in [-0.2, -0.15) is 0 Å². The van der Waals surface area contributed by atoms with E-state index in [0.717, 1.165) is 18.4 Å². The minimum Gasteiger partial charge on any atom is -0.117 e. The second-order valence-electron chi connectivity index (χ2n) is 5.27. The second-order valence-corrected chi connectivity index (χ2v) is 6.58. The molecule has 2 aromatic carbocycles. The second kappa shape index (κ2) is 5.97. The number of halogens is 3. The van der Waals surface area contributed by atoms with E-state index in [1.807, 2.05) is 12.1 Å². The summed E-state index contributed by atoms with van der Waals surface area (Å²) in [6.45, 7) is 0. The lowest BCUT2D eigenvalue weighted by Gasteiger charge is -2.29. The first-order valence-corrected chi connectivity index (χ1v) is 8.03. The van der Waals surface area contributed by atoms with Crippen molar-refractivity contribution in [2.75, 3.05) is 0 Å². The summed E-state index contributed by atoms with van der Waals surface area (Å²) >= 11 is 19.1. The van der Waals surface area contributed by atoms with Crippen LogP contribution in [0.4, 0.5) is 0 Å². The predicted octanol–water partition coefficient (Wildman–Crippen LogP) is 6.39. The van der Waals surface area contributed by atoms with Crippen LogP contribution in [0.5, 0.6) is 0 Å². The van der Waals surface area contributed by atoms with Crippen LogP contribution >= 0.6 is 34.8 Å². The smallest absolute Gasteiger partial charge is 0.0668 e. The number of hydrogen-bond donors (Lipinski definition) is 0. The van der Waals surface area contributed by atoms with Crippen molar-refractivity contribution in [2.45, 2.75) is 30.6 Å². The van der Waals surface area contributed by atoms with Crippen LogP contribution in [-0.4, -0.2) is 0 Å². The Morgan fingerprint density at radius 2 is 1.85 bits per heavy atom. The molecule has 0 aliphatic heterocycles. The molecule has 0 saturated heterocycles. The van der Waals surface area contributed by atoms with Crippen molar-refractivity contribution in [3.63, 3.8) is 0 Å². The average molecular weight is 326 g/mol. The zero-order valence-corrected chi connectivity index (χ0v) is 13.2. The highest BCUT2D eigenvalue weighted by molar-refractivity contribution is 6.34. The van der Waals surface area contributed by atoms with E-state index in [1.165, 1.54) is 17.5 Å². The van der Waals surface area contributed by atoms with E-state index in [-0.39, 0.29) is 5.38 Å². The maximum Gasteiger partial charge on any atom is 0.0668 e. The number of hydrogen-bond acceptors (Lipinski definition) is 0. The molecule has 104 valence electrons. The van der Waals surface area contributed by atoms with E-state index >= 15 is 0 Å². The molecule has 0 radical (unpaired) electrons. The number of aryl methyl sites for hydroxylation is 1. The molecule has 20 heavy (non-hydrogen) atoms. The van der Waals surface area contributed by atoms with E-state index < -0.39 is 0 Å². The molecule has 1 aliphatic carbocycles. The quantitative estimate of drug-likeness (QED) is 0.561. The number of fused-ring (bicyclic) bond motifs is 1. The molecule has 0 spiro atoms. The van der Waals surface area contributed by atoms with Crippen molar-refractivity contribution in [3.8, 4) is 0 Å². The lowest BCUT2D eigenvalue weighted by molar-refractivity contribution is 0.539. The van der Waals surface area contributed by atoms with Gasteiger partial charge in [0, 0.05) is 16.0 Å². The summed E-state index contributed by atoms with van der Waals surface area (Å²) in [7, 11) is 0. The summed E-state index contributed by atoms with van der Waals surface area (Å²) in [6.07, 6.45) is 3.40. The van der Waals surface area contributed by atoms with Gasteiger partial charge in [-0.25, -0.2) is 0 Å². The summed E-state index contributed by atoms with van der Waals surface area (Å²) in [4.78, 5) is 0. The van der Waals surface area contributed by atoms with Crippen LogP contribution in [0.25, 0.3) is 0 Å². The maximum absolute atomic E-state index is 6.75. The van der Waals surface area contributed by atoms with Gasteiger partial charge in [-0.05, 0) is 54.2 Å². The van der Waals surface area contributed by atoms with E-state index in [9.17, 15) is 0 Å². The summed E-state index contributed by atoms with van der Waals surface area (Å²) in [5, 5.41) is 1.24. The highest BCUT2D eigenvalue weighted by Crippen LogP contribution is 2.45. The molecule has 0 saturated carbocycles. The Balaban J connectivity index is 1.99. The predicted molar refractivity (Wildman–Crippen MR) is 87.2 cm³/mol. The molecule has 0 heterocycles. The van der Waals surface area contributed by atoms with Crippen molar-refractivity contribution >= 4 is 34.8 Å². The lowest BCUT2D eigenvalue weighted by Crippen LogP contribution is -2.14. The fourth-order valence-corrected chi connectivity index (χ4v) is 3.95. The molecule has 2 atom stereocenters. The number of alkyl halides is 1. The SMILES string of the molecule is Clc1ccc(Cl)c(C(Cl)C2CCCc3ccccc32)c1. The van der Waals surface area contributed by atoms with E-state index in [1.54, 1.807) is 6.07 Å². The van der Waals surface area contributed by atoms with Gasteiger partial charge in [0.1, 0.15) is 0 Å². The topological polar surface area (TPSA) is 0 Å². The van der Waals surface area contributed by atoms with Gasteiger partial charge in [0.05, 0.1) is 5.38 Å². The van der Waals surface area contributed by atoms with E-state index in [0.29, 0.717) is 16.0 Å². The third-order valence-corrected chi connectivity index (χ3v) is 5.14. The Kier molecular flexibility index (Phi) is 4.26. The normalized spacial score (nSPS) is 19.4.